The first kappa shape index (κ1) is 13.6. The summed E-state index contributed by atoms with van der Waals surface area (Å²) in [6, 6.07) is 3.62. The predicted octanol–water partition coefficient (Wildman–Crippen LogP) is 2.99. The van der Waals surface area contributed by atoms with Crippen LogP contribution < -0.4 is 10.1 Å². The number of halogens is 2. The Labute approximate surface area is 120 Å². The molecule has 108 valence electrons. The van der Waals surface area contributed by atoms with Crippen molar-refractivity contribution in [2.75, 3.05) is 6.54 Å². The third-order valence-corrected chi connectivity index (χ3v) is 3.28. The molecule has 0 bridgehead atoms. The van der Waals surface area contributed by atoms with E-state index in [-0.39, 0.29) is 11.3 Å². The lowest BCUT2D eigenvalue weighted by molar-refractivity contribution is 0.442. The minimum atomic E-state index is -0.755. The number of rotatable bonds is 3. The van der Waals surface area contributed by atoms with Crippen LogP contribution in [0.5, 0.6) is 11.6 Å². The van der Waals surface area contributed by atoms with Crippen LogP contribution in [-0.4, -0.2) is 16.5 Å². The van der Waals surface area contributed by atoms with Gasteiger partial charge in [0.25, 0.3) is 0 Å². The van der Waals surface area contributed by atoms with E-state index in [4.69, 9.17) is 4.74 Å². The Bertz CT molecular complexity index is 703. The highest BCUT2D eigenvalue weighted by Gasteiger charge is 2.18. The minimum Gasteiger partial charge on any atom is -0.438 e. The zero-order valence-electron chi connectivity index (χ0n) is 11.2. The normalized spacial score (nSPS) is 13.6. The van der Waals surface area contributed by atoms with Gasteiger partial charge in [-0.25, -0.2) is 18.7 Å². The van der Waals surface area contributed by atoms with E-state index in [0.717, 1.165) is 30.3 Å². The molecule has 1 aliphatic rings. The molecule has 3 rings (SSSR count). The molecular formula is C15H13F2N3O. The van der Waals surface area contributed by atoms with Crippen molar-refractivity contribution in [3.8, 4) is 11.6 Å². The maximum atomic E-state index is 13.4. The van der Waals surface area contributed by atoms with Gasteiger partial charge in [-0.2, -0.15) is 0 Å². The van der Waals surface area contributed by atoms with Gasteiger partial charge in [-0.15, -0.1) is 0 Å². The summed E-state index contributed by atoms with van der Waals surface area (Å²) in [6.07, 6.45) is 2.12. The molecule has 0 saturated heterocycles. The number of nitrogens with zero attached hydrogens (tertiary/aromatic N) is 2. The van der Waals surface area contributed by atoms with Gasteiger partial charge in [0, 0.05) is 12.1 Å². The van der Waals surface area contributed by atoms with Gasteiger partial charge in [-0.3, -0.25) is 0 Å². The summed E-state index contributed by atoms with van der Waals surface area (Å²) in [7, 11) is 0. The lowest BCUT2D eigenvalue weighted by Gasteiger charge is -2.18. The van der Waals surface area contributed by atoms with E-state index in [1.54, 1.807) is 0 Å². The topological polar surface area (TPSA) is 47.0 Å². The van der Waals surface area contributed by atoms with Gasteiger partial charge in [0.15, 0.2) is 0 Å². The molecule has 1 N–H and O–H groups in total. The number of hydrogen-bond acceptors (Lipinski definition) is 4. The number of ether oxygens (including phenoxy) is 1. The largest absolute Gasteiger partial charge is 0.438 e. The Kier molecular flexibility index (Phi) is 3.62. The lowest BCUT2D eigenvalue weighted by atomic mass is 10.1. The predicted molar refractivity (Wildman–Crippen MR) is 74.1 cm³/mol. The Morgan fingerprint density at radius 1 is 1.33 bits per heavy atom. The average molecular weight is 289 g/mol. The third kappa shape index (κ3) is 2.75. The second kappa shape index (κ2) is 5.57. The number of benzene rings is 1. The van der Waals surface area contributed by atoms with Crippen molar-refractivity contribution in [1.82, 2.24) is 15.3 Å². The van der Waals surface area contributed by atoms with E-state index in [1.165, 1.54) is 18.5 Å². The van der Waals surface area contributed by atoms with E-state index in [2.05, 4.69) is 21.9 Å². The first-order valence-electron chi connectivity index (χ1n) is 6.51. The molecule has 4 nitrogen and oxygen atoms in total. The smallest absolute Gasteiger partial charge is 0.225 e. The summed E-state index contributed by atoms with van der Waals surface area (Å²) in [5, 5.41) is 3.20. The minimum absolute atomic E-state index is 0.0173. The molecule has 1 aromatic heterocycles. The van der Waals surface area contributed by atoms with Crippen LogP contribution in [0, 0.1) is 5.82 Å². The fraction of sp³-hybridized carbons (Fsp3) is 0.200. The molecule has 0 amide bonds. The summed E-state index contributed by atoms with van der Waals surface area (Å²) >= 11 is 0. The van der Waals surface area contributed by atoms with Crippen molar-refractivity contribution in [2.45, 2.75) is 13.0 Å². The van der Waals surface area contributed by atoms with Gasteiger partial charge in [-0.1, -0.05) is 6.58 Å². The zero-order chi connectivity index (χ0) is 14.8. The number of hydrogen-bond donors (Lipinski definition) is 1. The Morgan fingerprint density at radius 3 is 3.00 bits per heavy atom. The van der Waals surface area contributed by atoms with Crippen LogP contribution in [-0.2, 0) is 13.0 Å². The van der Waals surface area contributed by atoms with Crippen LogP contribution in [0.2, 0.25) is 0 Å². The summed E-state index contributed by atoms with van der Waals surface area (Å²) in [5.74, 6) is -0.752. The number of nitrogens with one attached hydrogen (secondary N) is 1. The second-order valence-electron chi connectivity index (χ2n) is 4.68. The van der Waals surface area contributed by atoms with E-state index in [0.29, 0.717) is 12.4 Å². The molecule has 0 atom stereocenters. The molecule has 0 spiro atoms. The molecule has 0 radical (unpaired) electrons. The van der Waals surface area contributed by atoms with Crippen LogP contribution in [0.4, 0.5) is 8.78 Å². The van der Waals surface area contributed by atoms with Crippen molar-refractivity contribution in [2.24, 2.45) is 0 Å². The monoisotopic (exact) mass is 289 g/mol. The summed E-state index contributed by atoms with van der Waals surface area (Å²) in [6.45, 7) is 4.63. The highest BCUT2D eigenvalue weighted by Crippen LogP contribution is 2.32. The van der Waals surface area contributed by atoms with Gasteiger partial charge in [-0.05, 0) is 31.2 Å². The van der Waals surface area contributed by atoms with Gasteiger partial charge >= 0.3 is 0 Å². The molecule has 2 aromatic rings. The quantitative estimate of drug-likeness (QED) is 0.943. The van der Waals surface area contributed by atoms with Crippen molar-refractivity contribution in [1.29, 1.82) is 0 Å². The van der Waals surface area contributed by atoms with E-state index >= 15 is 0 Å². The molecule has 21 heavy (non-hydrogen) atoms. The average Bonchev–Trinajstić information content (AvgIpc) is 2.49. The number of fused-ring (bicyclic) bond motifs is 1. The van der Waals surface area contributed by atoms with Crippen molar-refractivity contribution in [3.63, 3.8) is 0 Å². The molecule has 0 saturated carbocycles. The highest BCUT2D eigenvalue weighted by atomic mass is 19.1. The van der Waals surface area contributed by atoms with Crippen molar-refractivity contribution >= 4 is 5.83 Å². The van der Waals surface area contributed by atoms with Crippen LogP contribution >= 0.6 is 0 Å². The highest BCUT2D eigenvalue weighted by molar-refractivity contribution is 5.63. The van der Waals surface area contributed by atoms with Gasteiger partial charge in [0.1, 0.15) is 23.7 Å². The first-order chi connectivity index (χ1) is 10.1. The van der Waals surface area contributed by atoms with E-state index in [9.17, 15) is 8.78 Å². The number of aromatic nitrogens is 2. The summed E-state index contributed by atoms with van der Waals surface area (Å²) < 4.78 is 32.3. The zero-order valence-corrected chi connectivity index (χ0v) is 11.2. The molecule has 1 aliphatic heterocycles. The molecule has 0 aliphatic carbocycles. The van der Waals surface area contributed by atoms with Crippen LogP contribution in [0.15, 0.2) is 31.1 Å². The maximum absolute atomic E-state index is 13.4. The maximum Gasteiger partial charge on any atom is 0.225 e. The van der Waals surface area contributed by atoms with Crippen LogP contribution in [0.25, 0.3) is 5.83 Å². The SMILES string of the molecule is C=C(F)c1cc(F)ccc1Oc1ncnc2c1CCNC2. The third-order valence-electron chi connectivity index (χ3n) is 3.28. The standard InChI is InChI=1S/C15H13F2N3O/c1-9(16)12-6-10(17)2-3-14(12)21-15-11-4-5-18-7-13(11)19-8-20-15/h2-3,6,8,18H,1,4-5,7H2. The summed E-state index contributed by atoms with van der Waals surface area (Å²) in [5.41, 5.74) is 1.72. The van der Waals surface area contributed by atoms with Crippen molar-refractivity contribution < 1.29 is 13.5 Å². The van der Waals surface area contributed by atoms with Gasteiger partial charge < -0.3 is 10.1 Å². The van der Waals surface area contributed by atoms with Crippen molar-refractivity contribution in [3.05, 3.63) is 53.7 Å². The van der Waals surface area contributed by atoms with Crippen LogP contribution in [0.1, 0.15) is 16.8 Å². The molecule has 1 aromatic carbocycles. The fourth-order valence-electron chi connectivity index (χ4n) is 2.25. The van der Waals surface area contributed by atoms with Gasteiger partial charge in [0.05, 0.1) is 11.3 Å². The van der Waals surface area contributed by atoms with Gasteiger partial charge in [0.2, 0.25) is 5.88 Å². The van der Waals surface area contributed by atoms with E-state index < -0.39 is 11.6 Å². The molecule has 0 unspecified atom stereocenters. The molecule has 2 heterocycles. The molecule has 6 heteroatoms. The fourth-order valence-corrected chi connectivity index (χ4v) is 2.25. The summed E-state index contributed by atoms with van der Waals surface area (Å²) in [4.78, 5) is 8.29. The lowest BCUT2D eigenvalue weighted by Crippen LogP contribution is -2.25. The van der Waals surface area contributed by atoms with Crippen LogP contribution in [0.3, 0.4) is 0 Å². The molecule has 0 fully saturated rings. The van der Waals surface area contributed by atoms with E-state index in [1.807, 2.05) is 0 Å². The second-order valence-corrected chi connectivity index (χ2v) is 4.68. The first-order valence-corrected chi connectivity index (χ1v) is 6.51. The Hall–Kier alpha value is -2.34. The Morgan fingerprint density at radius 2 is 2.19 bits per heavy atom. The Balaban J connectivity index is 2.00. The molecular weight excluding hydrogens is 276 g/mol.